The number of nitrogens with zero attached hydrogens (tertiary/aromatic N) is 3. The summed E-state index contributed by atoms with van der Waals surface area (Å²) < 4.78 is 52.4. The van der Waals surface area contributed by atoms with E-state index in [1.54, 1.807) is 23.1 Å². The molecule has 0 bridgehead atoms. The third-order valence-corrected chi connectivity index (χ3v) is 7.60. The Morgan fingerprint density at radius 1 is 1.05 bits per heavy atom. The summed E-state index contributed by atoms with van der Waals surface area (Å²) in [6.07, 6.45) is 0. The van der Waals surface area contributed by atoms with Gasteiger partial charge >= 0.3 is 0 Å². The van der Waals surface area contributed by atoms with Crippen molar-refractivity contribution in [2.24, 2.45) is 0 Å². The van der Waals surface area contributed by atoms with Gasteiger partial charge in [0.15, 0.2) is 6.61 Å². The average molecular weight is 530 g/mol. The molecule has 0 aromatic heterocycles. The monoisotopic (exact) mass is 529 g/mol. The lowest BCUT2D eigenvalue weighted by Gasteiger charge is -2.44. The summed E-state index contributed by atoms with van der Waals surface area (Å²) in [4.78, 5) is 18.8. The Labute approximate surface area is 217 Å². The number of amides is 1. The zero-order chi connectivity index (χ0) is 26.9. The number of hydrogen-bond donors (Lipinski definition) is 1. The number of ether oxygens (including phenoxy) is 1. The van der Waals surface area contributed by atoms with E-state index in [2.05, 4.69) is 4.90 Å². The maximum absolute atomic E-state index is 13.2. The maximum Gasteiger partial charge on any atom is 0.294 e. The second kappa shape index (κ2) is 10.6. The molecule has 1 amide bonds. The predicted molar refractivity (Wildman–Crippen MR) is 141 cm³/mol. The Balaban J connectivity index is 1.50. The smallest absolute Gasteiger partial charge is 0.294 e. The van der Waals surface area contributed by atoms with E-state index < -0.39 is 10.1 Å². The summed E-state index contributed by atoms with van der Waals surface area (Å²) in [6, 6.07) is 14.5. The van der Waals surface area contributed by atoms with Crippen LogP contribution in [0.2, 0.25) is 0 Å². The van der Waals surface area contributed by atoms with E-state index in [0.29, 0.717) is 30.4 Å². The number of benzene rings is 3. The Bertz CT molecular complexity index is 1400. The van der Waals surface area contributed by atoms with E-state index in [1.807, 2.05) is 45.0 Å². The Hall–Kier alpha value is -3.21. The van der Waals surface area contributed by atoms with Crippen LogP contribution in [0.1, 0.15) is 19.4 Å². The van der Waals surface area contributed by atoms with E-state index in [0.717, 1.165) is 11.3 Å². The maximum atomic E-state index is 13.2. The van der Waals surface area contributed by atoms with Gasteiger partial charge in [-0.25, -0.2) is 4.39 Å². The van der Waals surface area contributed by atoms with Gasteiger partial charge in [-0.3, -0.25) is 14.2 Å². The molecule has 10 heteroatoms. The van der Waals surface area contributed by atoms with Gasteiger partial charge in [-0.2, -0.15) is 8.42 Å². The highest BCUT2D eigenvalue weighted by Gasteiger charge is 2.32. The minimum absolute atomic E-state index is 0.0750. The van der Waals surface area contributed by atoms with Gasteiger partial charge < -0.3 is 14.5 Å². The molecule has 3 aromatic rings. The fraction of sp³-hybridized carbons (Fsp3) is 0.370. The molecule has 1 fully saturated rings. The molecule has 1 aliphatic rings. The minimum atomic E-state index is -4.46. The molecule has 1 aliphatic heterocycles. The number of piperazine rings is 1. The molecular formula is C27H32FN3O5S. The van der Waals surface area contributed by atoms with Crippen molar-refractivity contribution < 1.29 is 26.9 Å². The van der Waals surface area contributed by atoms with Crippen molar-refractivity contribution in [3.05, 3.63) is 66.0 Å². The van der Waals surface area contributed by atoms with Crippen molar-refractivity contribution in [1.82, 2.24) is 9.80 Å². The van der Waals surface area contributed by atoms with Crippen LogP contribution < -0.4 is 9.64 Å². The molecule has 0 spiro atoms. The van der Waals surface area contributed by atoms with Crippen LogP contribution in [0.15, 0.2) is 59.5 Å². The summed E-state index contributed by atoms with van der Waals surface area (Å²) >= 11 is 0. The summed E-state index contributed by atoms with van der Waals surface area (Å²) in [5, 5.41) is 1.21. The van der Waals surface area contributed by atoms with Crippen LogP contribution in [0.25, 0.3) is 10.8 Å². The van der Waals surface area contributed by atoms with Crippen molar-refractivity contribution in [1.29, 1.82) is 0 Å². The number of halogens is 1. The molecule has 0 unspecified atom stereocenters. The Kier molecular flexibility index (Phi) is 7.72. The first-order chi connectivity index (χ1) is 17.4. The van der Waals surface area contributed by atoms with Crippen LogP contribution >= 0.6 is 0 Å². The molecular weight excluding hydrogens is 497 g/mol. The topological polar surface area (TPSA) is 90.4 Å². The van der Waals surface area contributed by atoms with Gasteiger partial charge in [0.2, 0.25) is 0 Å². The highest BCUT2D eigenvalue weighted by atomic mass is 32.2. The van der Waals surface area contributed by atoms with Gasteiger partial charge in [0.25, 0.3) is 16.0 Å². The van der Waals surface area contributed by atoms with Crippen LogP contribution in [0.5, 0.6) is 5.75 Å². The molecule has 1 heterocycles. The third kappa shape index (κ3) is 6.20. The SMILES string of the molecule is C[C@@H]1CN(C(=O)COc2cc(S(=O)(=O)O)cc3ccc(N(C)C)cc23)[C@@H](C)CN1Cc1ccc(F)cc1. The van der Waals surface area contributed by atoms with Crippen molar-refractivity contribution in [3.8, 4) is 5.75 Å². The van der Waals surface area contributed by atoms with Gasteiger partial charge in [0.05, 0.1) is 4.90 Å². The second-order valence-corrected chi connectivity index (χ2v) is 11.2. The fourth-order valence-corrected chi connectivity index (χ4v) is 5.18. The van der Waals surface area contributed by atoms with Crippen molar-refractivity contribution >= 4 is 32.5 Å². The fourth-order valence-electron chi connectivity index (χ4n) is 4.64. The van der Waals surface area contributed by atoms with E-state index >= 15 is 0 Å². The first kappa shape index (κ1) is 26.8. The number of carbonyl (C=O) groups is 1. The summed E-state index contributed by atoms with van der Waals surface area (Å²) in [7, 11) is -0.695. The number of anilines is 1. The second-order valence-electron chi connectivity index (χ2n) is 9.79. The van der Waals surface area contributed by atoms with Gasteiger partial charge in [-0.15, -0.1) is 0 Å². The van der Waals surface area contributed by atoms with Crippen LogP contribution in [0, 0.1) is 5.82 Å². The Morgan fingerprint density at radius 2 is 1.76 bits per heavy atom. The number of carbonyl (C=O) groups excluding carboxylic acids is 1. The minimum Gasteiger partial charge on any atom is -0.483 e. The van der Waals surface area contributed by atoms with E-state index in [4.69, 9.17) is 4.74 Å². The molecule has 37 heavy (non-hydrogen) atoms. The van der Waals surface area contributed by atoms with Crippen LogP contribution in [0.3, 0.4) is 0 Å². The molecule has 0 aliphatic carbocycles. The van der Waals surface area contributed by atoms with Crippen molar-refractivity contribution in [2.75, 3.05) is 38.7 Å². The molecule has 2 atom stereocenters. The number of hydrogen-bond acceptors (Lipinski definition) is 6. The standard InChI is InChI=1S/C27H32FN3O5S/c1-18-15-31(19(2)14-30(18)16-20-5-8-22(28)9-6-20)27(32)17-36-26-13-24(37(33,34)35)11-21-7-10-23(29(3)4)12-25(21)26/h5-13,18-19H,14-17H2,1-4H3,(H,33,34,35)/t18-,19+/m1/s1. The predicted octanol–water partition coefficient (Wildman–Crippen LogP) is 3.79. The van der Waals surface area contributed by atoms with Crippen LogP contribution in [0.4, 0.5) is 10.1 Å². The molecule has 0 saturated carbocycles. The van der Waals surface area contributed by atoms with Crippen LogP contribution in [-0.4, -0.2) is 74.6 Å². The zero-order valence-electron chi connectivity index (χ0n) is 21.4. The molecule has 8 nitrogen and oxygen atoms in total. The number of rotatable bonds is 7. The number of fused-ring (bicyclic) bond motifs is 1. The van der Waals surface area contributed by atoms with Crippen molar-refractivity contribution in [2.45, 2.75) is 37.4 Å². The van der Waals surface area contributed by atoms with Gasteiger partial charge in [0, 0.05) is 63.0 Å². The van der Waals surface area contributed by atoms with Crippen molar-refractivity contribution in [3.63, 3.8) is 0 Å². The van der Waals surface area contributed by atoms with E-state index in [1.165, 1.54) is 24.3 Å². The van der Waals surface area contributed by atoms with Gasteiger partial charge in [-0.1, -0.05) is 18.2 Å². The third-order valence-electron chi connectivity index (χ3n) is 6.77. The average Bonchev–Trinajstić information content (AvgIpc) is 2.84. The highest BCUT2D eigenvalue weighted by molar-refractivity contribution is 7.85. The highest BCUT2D eigenvalue weighted by Crippen LogP contribution is 2.33. The summed E-state index contributed by atoms with van der Waals surface area (Å²) in [5.74, 6) is -0.277. The summed E-state index contributed by atoms with van der Waals surface area (Å²) in [5.41, 5.74) is 1.88. The molecule has 1 N–H and O–H groups in total. The lowest BCUT2D eigenvalue weighted by atomic mass is 10.1. The molecule has 198 valence electrons. The van der Waals surface area contributed by atoms with Gasteiger partial charge in [-0.05, 0) is 55.1 Å². The quantitative estimate of drug-likeness (QED) is 0.466. The lowest BCUT2D eigenvalue weighted by Crippen LogP contribution is -2.58. The molecule has 0 radical (unpaired) electrons. The first-order valence-corrected chi connectivity index (χ1v) is 13.5. The molecule has 4 rings (SSSR count). The molecule has 3 aromatic carbocycles. The van der Waals surface area contributed by atoms with E-state index in [9.17, 15) is 22.2 Å². The summed E-state index contributed by atoms with van der Waals surface area (Å²) in [6.45, 7) is 5.55. The van der Waals surface area contributed by atoms with Gasteiger partial charge in [0.1, 0.15) is 11.6 Å². The normalized spacial score (nSPS) is 18.7. The zero-order valence-corrected chi connectivity index (χ0v) is 22.2. The molecule has 1 saturated heterocycles. The largest absolute Gasteiger partial charge is 0.483 e. The lowest BCUT2D eigenvalue weighted by molar-refractivity contribution is -0.139. The van der Waals surface area contributed by atoms with Crippen LogP contribution in [-0.2, 0) is 21.5 Å². The van der Waals surface area contributed by atoms with E-state index in [-0.39, 0.29) is 41.1 Å². The Morgan fingerprint density at radius 3 is 2.41 bits per heavy atom. The first-order valence-electron chi connectivity index (χ1n) is 12.1.